The van der Waals surface area contributed by atoms with Gasteiger partial charge in [0.15, 0.2) is 0 Å². The van der Waals surface area contributed by atoms with E-state index in [1.54, 1.807) is 18.2 Å². The summed E-state index contributed by atoms with van der Waals surface area (Å²) in [5.74, 6) is 1.52. The van der Waals surface area contributed by atoms with Crippen molar-refractivity contribution in [3.05, 3.63) is 33.8 Å². The Morgan fingerprint density at radius 1 is 1.11 bits per heavy atom. The van der Waals surface area contributed by atoms with Crippen LogP contribution in [0, 0.1) is 23.2 Å². The second-order valence-corrected chi connectivity index (χ2v) is 9.47. The summed E-state index contributed by atoms with van der Waals surface area (Å²) in [4.78, 5) is 25.7. The first-order chi connectivity index (χ1) is 12.9. The number of halogens is 2. The maximum atomic E-state index is 13.3. The van der Waals surface area contributed by atoms with Crippen LogP contribution in [-0.4, -0.2) is 25.0 Å². The van der Waals surface area contributed by atoms with Gasteiger partial charge >= 0.3 is 5.97 Å². The van der Waals surface area contributed by atoms with Crippen molar-refractivity contribution in [1.29, 1.82) is 0 Å². The fourth-order valence-corrected chi connectivity index (χ4v) is 6.52. The van der Waals surface area contributed by atoms with Crippen LogP contribution in [0.1, 0.15) is 44.1 Å². The van der Waals surface area contributed by atoms with E-state index in [1.807, 2.05) is 0 Å². The highest BCUT2D eigenvalue weighted by molar-refractivity contribution is 6.36. The number of methoxy groups -OCH3 is 1. The molecule has 1 aromatic carbocycles. The Bertz CT molecular complexity index is 708. The van der Waals surface area contributed by atoms with Gasteiger partial charge in [-0.1, -0.05) is 29.3 Å². The number of carbonyl (C=O) groups excluding carboxylic acids is 2. The molecular formula is C21H25Cl2NO3. The van der Waals surface area contributed by atoms with Crippen molar-refractivity contribution in [3.8, 4) is 0 Å². The Morgan fingerprint density at radius 2 is 1.63 bits per heavy atom. The van der Waals surface area contributed by atoms with Crippen molar-refractivity contribution in [1.82, 2.24) is 5.32 Å². The maximum absolute atomic E-state index is 13.3. The van der Waals surface area contributed by atoms with Crippen LogP contribution in [0.25, 0.3) is 0 Å². The number of benzene rings is 1. The van der Waals surface area contributed by atoms with Gasteiger partial charge in [-0.2, -0.15) is 0 Å². The lowest BCUT2D eigenvalue weighted by Crippen LogP contribution is -2.56. The van der Waals surface area contributed by atoms with Gasteiger partial charge in [0, 0.05) is 21.9 Å². The minimum absolute atomic E-state index is 0.000163. The first-order valence-electron chi connectivity index (χ1n) is 9.72. The van der Waals surface area contributed by atoms with Crippen molar-refractivity contribution in [2.24, 2.45) is 23.2 Å². The third-order valence-electron chi connectivity index (χ3n) is 6.78. The standard InChI is InChI=1S/C21H25Cl2NO3/c1-27-19(25)18(8-15-16(22)3-2-4-17(15)23)24-20(26)21-9-12-5-13(10-21)7-14(6-12)11-21/h2-4,12-14,18H,5-11H2,1H3,(H,24,26)/t12?,13?,14?,18-,21?/m1/s1. The predicted octanol–water partition coefficient (Wildman–Crippen LogP) is 4.41. The number of nitrogens with one attached hydrogen (secondary N) is 1. The third kappa shape index (κ3) is 3.58. The number of esters is 1. The predicted molar refractivity (Wildman–Crippen MR) is 105 cm³/mol. The lowest BCUT2D eigenvalue weighted by Gasteiger charge is -2.55. The van der Waals surface area contributed by atoms with E-state index in [9.17, 15) is 9.59 Å². The van der Waals surface area contributed by atoms with E-state index < -0.39 is 12.0 Å². The molecule has 4 saturated carbocycles. The molecule has 0 aliphatic heterocycles. The molecule has 0 unspecified atom stereocenters. The van der Waals surface area contributed by atoms with Gasteiger partial charge in [0.1, 0.15) is 6.04 Å². The number of carbonyl (C=O) groups is 2. The number of ether oxygens (including phenoxy) is 1. The molecule has 0 aromatic heterocycles. The van der Waals surface area contributed by atoms with Crippen molar-refractivity contribution < 1.29 is 14.3 Å². The average Bonchev–Trinajstić information content (AvgIpc) is 2.62. The summed E-state index contributed by atoms with van der Waals surface area (Å²) < 4.78 is 4.94. The Balaban J connectivity index is 1.54. The first-order valence-corrected chi connectivity index (χ1v) is 10.5. The second-order valence-electron chi connectivity index (χ2n) is 8.65. The molecule has 27 heavy (non-hydrogen) atoms. The monoisotopic (exact) mass is 409 g/mol. The van der Waals surface area contributed by atoms with Crippen molar-refractivity contribution in [2.75, 3.05) is 7.11 Å². The van der Waals surface area contributed by atoms with Crippen molar-refractivity contribution in [2.45, 2.75) is 51.0 Å². The van der Waals surface area contributed by atoms with E-state index in [1.165, 1.54) is 26.4 Å². The Labute approximate surface area is 169 Å². The molecule has 0 heterocycles. The van der Waals surface area contributed by atoms with Gasteiger partial charge in [0.05, 0.1) is 7.11 Å². The molecule has 5 rings (SSSR count). The number of rotatable bonds is 5. The smallest absolute Gasteiger partial charge is 0.328 e. The van der Waals surface area contributed by atoms with Gasteiger partial charge in [-0.3, -0.25) is 4.79 Å². The summed E-state index contributed by atoms with van der Waals surface area (Å²) in [6, 6.07) is 4.44. The first kappa shape index (κ1) is 19.1. The molecule has 4 aliphatic rings. The summed E-state index contributed by atoms with van der Waals surface area (Å²) in [6.07, 6.45) is 6.87. The fourth-order valence-electron chi connectivity index (χ4n) is 5.97. The van der Waals surface area contributed by atoms with E-state index in [-0.39, 0.29) is 17.7 Å². The molecule has 4 fully saturated rings. The molecule has 4 bridgehead atoms. The summed E-state index contributed by atoms with van der Waals surface area (Å²) >= 11 is 12.5. The molecule has 6 heteroatoms. The largest absolute Gasteiger partial charge is 0.467 e. The number of hydrogen-bond acceptors (Lipinski definition) is 3. The van der Waals surface area contributed by atoms with Crippen molar-refractivity contribution in [3.63, 3.8) is 0 Å². The fraction of sp³-hybridized carbons (Fsp3) is 0.619. The molecular weight excluding hydrogens is 385 g/mol. The summed E-state index contributed by atoms with van der Waals surface area (Å²) in [6.45, 7) is 0. The van der Waals surface area contributed by atoms with Gasteiger partial charge in [-0.25, -0.2) is 4.79 Å². The van der Waals surface area contributed by atoms with Gasteiger partial charge in [0.25, 0.3) is 0 Å². The molecule has 1 N–H and O–H groups in total. The van der Waals surface area contributed by atoms with Crippen LogP contribution in [0.15, 0.2) is 18.2 Å². The molecule has 0 saturated heterocycles. The maximum Gasteiger partial charge on any atom is 0.328 e. The Kier molecular flexibility index (Phi) is 5.15. The normalized spacial score (nSPS) is 32.2. The van der Waals surface area contributed by atoms with Crippen molar-refractivity contribution >= 4 is 35.1 Å². The molecule has 4 nitrogen and oxygen atoms in total. The Morgan fingerprint density at radius 3 is 2.11 bits per heavy atom. The van der Waals surface area contributed by atoms with Gasteiger partial charge in [0.2, 0.25) is 5.91 Å². The highest BCUT2D eigenvalue weighted by Gasteiger charge is 2.55. The van der Waals surface area contributed by atoms with Crippen LogP contribution < -0.4 is 5.32 Å². The van der Waals surface area contributed by atoms with Gasteiger partial charge in [-0.15, -0.1) is 0 Å². The second kappa shape index (κ2) is 7.29. The molecule has 1 atom stereocenters. The lowest BCUT2D eigenvalue weighted by atomic mass is 9.49. The zero-order valence-electron chi connectivity index (χ0n) is 15.5. The van der Waals surface area contributed by atoms with E-state index >= 15 is 0 Å². The van der Waals surface area contributed by atoms with Crippen LogP contribution in [0.3, 0.4) is 0 Å². The van der Waals surface area contributed by atoms with Gasteiger partial charge in [-0.05, 0) is 74.0 Å². The zero-order valence-corrected chi connectivity index (χ0v) is 17.0. The summed E-state index contributed by atoms with van der Waals surface area (Å²) in [5, 5.41) is 3.97. The van der Waals surface area contributed by atoms with E-state index in [4.69, 9.17) is 27.9 Å². The molecule has 0 spiro atoms. The Hall–Kier alpha value is -1.26. The van der Waals surface area contributed by atoms with Crippen LogP contribution in [0.5, 0.6) is 0 Å². The van der Waals surface area contributed by atoms with Crippen LogP contribution in [0.2, 0.25) is 10.0 Å². The highest BCUT2D eigenvalue weighted by atomic mass is 35.5. The van der Waals surface area contributed by atoms with Crippen LogP contribution in [-0.2, 0) is 20.7 Å². The summed E-state index contributed by atoms with van der Waals surface area (Å²) in [5.41, 5.74) is 0.340. The molecule has 0 radical (unpaired) electrons. The molecule has 1 amide bonds. The highest BCUT2D eigenvalue weighted by Crippen LogP contribution is 2.60. The van der Waals surface area contributed by atoms with Crippen LogP contribution >= 0.6 is 23.2 Å². The minimum atomic E-state index is -0.784. The van der Waals surface area contributed by atoms with Crippen LogP contribution in [0.4, 0.5) is 0 Å². The average molecular weight is 410 g/mol. The zero-order chi connectivity index (χ0) is 19.2. The quantitative estimate of drug-likeness (QED) is 0.732. The number of hydrogen-bond donors (Lipinski definition) is 1. The SMILES string of the molecule is COC(=O)[C@@H](Cc1c(Cl)cccc1Cl)NC(=O)C12CC3CC(CC(C3)C1)C2. The topological polar surface area (TPSA) is 55.4 Å². The van der Waals surface area contributed by atoms with E-state index in [2.05, 4.69) is 5.32 Å². The molecule has 4 aliphatic carbocycles. The number of amides is 1. The van der Waals surface area contributed by atoms with E-state index in [0.717, 1.165) is 19.3 Å². The lowest BCUT2D eigenvalue weighted by molar-refractivity contribution is -0.152. The van der Waals surface area contributed by atoms with Gasteiger partial charge < -0.3 is 10.1 Å². The van der Waals surface area contributed by atoms with E-state index in [0.29, 0.717) is 33.4 Å². The summed E-state index contributed by atoms with van der Waals surface area (Å²) in [7, 11) is 1.33. The third-order valence-corrected chi connectivity index (χ3v) is 7.49. The minimum Gasteiger partial charge on any atom is -0.467 e. The molecule has 1 aromatic rings. The molecule has 146 valence electrons.